The molecule has 0 atom stereocenters. The summed E-state index contributed by atoms with van der Waals surface area (Å²) in [7, 11) is 0. The summed E-state index contributed by atoms with van der Waals surface area (Å²) in [6, 6.07) is 0. The fourth-order valence-corrected chi connectivity index (χ4v) is 1.56. The van der Waals surface area contributed by atoms with Crippen molar-refractivity contribution >= 4 is 11.9 Å². The van der Waals surface area contributed by atoms with Crippen LogP contribution in [-0.4, -0.2) is 59.5 Å². The summed E-state index contributed by atoms with van der Waals surface area (Å²) in [6.45, 7) is 9.79. The van der Waals surface area contributed by atoms with Crippen molar-refractivity contribution < 1.29 is 14.7 Å². The van der Waals surface area contributed by atoms with Crippen molar-refractivity contribution in [3.8, 4) is 0 Å². The summed E-state index contributed by atoms with van der Waals surface area (Å²) >= 11 is 0. The van der Waals surface area contributed by atoms with E-state index in [1.807, 2.05) is 0 Å². The van der Waals surface area contributed by atoms with E-state index in [1.165, 1.54) is 4.90 Å². The van der Waals surface area contributed by atoms with Gasteiger partial charge in [-0.25, -0.2) is 4.79 Å². The van der Waals surface area contributed by atoms with Gasteiger partial charge < -0.3 is 14.9 Å². The molecule has 5 heteroatoms. The van der Waals surface area contributed by atoms with Gasteiger partial charge in [0.25, 0.3) is 0 Å². The lowest BCUT2D eigenvalue weighted by Gasteiger charge is -2.22. The second kappa shape index (κ2) is 8.10. The fourth-order valence-electron chi connectivity index (χ4n) is 1.56. The number of amides is 1. The van der Waals surface area contributed by atoms with Gasteiger partial charge in [0.05, 0.1) is 0 Å². The van der Waals surface area contributed by atoms with Gasteiger partial charge in [0.15, 0.2) is 0 Å². The lowest BCUT2D eigenvalue weighted by atomic mass is 10.3. The van der Waals surface area contributed by atoms with Crippen LogP contribution in [0.4, 0.5) is 0 Å². The quantitative estimate of drug-likeness (QED) is 0.652. The lowest BCUT2D eigenvalue weighted by Crippen LogP contribution is -2.38. The average Bonchev–Trinajstić information content (AvgIpc) is 2.28. The van der Waals surface area contributed by atoms with Crippen molar-refractivity contribution in [2.45, 2.75) is 27.2 Å². The third-order valence-electron chi connectivity index (χ3n) is 2.65. The largest absolute Gasteiger partial charge is 0.474 e. The highest BCUT2D eigenvalue weighted by Gasteiger charge is 2.18. The van der Waals surface area contributed by atoms with Gasteiger partial charge in [0.1, 0.15) is 0 Å². The molecule has 0 aliphatic carbocycles. The fraction of sp³-hybridized carbons (Fsp3) is 0.818. The van der Waals surface area contributed by atoms with Crippen molar-refractivity contribution in [2.24, 2.45) is 0 Å². The molecule has 0 spiro atoms. The van der Waals surface area contributed by atoms with E-state index in [2.05, 4.69) is 18.7 Å². The maximum absolute atomic E-state index is 11.2. The van der Waals surface area contributed by atoms with Crippen molar-refractivity contribution in [2.75, 3.05) is 32.7 Å². The normalized spacial score (nSPS) is 10.5. The molecule has 0 aliphatic heterocycles. The third-order valence-corrected chi connectivity index (χ3v) is 2.65. The third kappa shape index (κ3) is 5.11. The molecule has 0 aromatic rings. The first-order chi connectivity index (χ1) is 7.56. The van der Waals surface area contributed by atoms with E-state index in [0.717, 1.165) is 26.1 Å². The molecule has 1 N–H and O–H groups in total. The minimum absolute atomic E-state index is 0.448. The van der Waals surface area contributed by atoms with Crippen LogP contribution >= 0.6 is 0 Å². The zero-order valence-corrected chi connectivity index (χ0v) is 10.4. The number of carboxylic acids is 1. The Labute approximate surface area is 97.0 Å². The van der Waals surface area contributed by atoms with Gasteiger partial charge in [0, 0.05) is 13.1 Å². The van der Waals surface area contributed by atoms with Gasteiger partial charge in [-0.05, 0) is 33.0 Å². The number of hydrogen-bond donors (Lipinski definition) is 1. The lowest BCUT2D eigenvalue weighted by molar-refractivity contribution is -0.155. The standard InChI is InChI=1S/C11H22N2O3/c1-4-12(5-2)8-7-9-13(6-3)10(14)11(15)16/h4-9H2,1-3H3,(H,15,16). The number of carbonyl (C=O) groups excluding carboxylic acids is 1. The maximum atomic E-state index is 11.2. The molecule has 0 saturated carbocycles. The summed E-state index contributed by atoms with van der Waals surface area (Å²) in [5.41, 5.74) is 0. The van der Waals surface area contributed by atoms with E-state index >= 15 is 0 Å². The van der Waals surface area contributed by atoms with Crippen LogP contribution in [0.3, 0.4) is 0 Å². The topological polar surface area (TPSA) is 60.9 Å². The van der Waals surface area contributed by atoms with E-state index in [9.17, 15) is 9.59 Å². The Bertz CT molecular complexity index is 227. The van der Waals surface area contributed by atoms with Crippen molar-refractivity contribution in [3.63, 3.8) is 0 Å². The van der Waals surface area contributed by atoms with Crippen molar-refractivity contribution in [1.82, 2.24) is 9.80 Å². The summed E-state index contributed by atoms with van der Waals surface area (Å²) in [5.74, 6) is -2.17. The Morgan fingerprint density at radius 2 is 1.56 bits per heavy atom. The molecule has 0 rings (SSSR count). The van der Waals surface area contributed by atoms with Crippen LogP contribution in [0, 0.1) is 0 Å². The van der Waals surface area contributed by atoms with E-state index in [1.54, 1.807) is 6.92 Å². The molecule has 0 aromatic carbocycles. The molecule has 5 nitrogen and oxygen atoms in total. The summed E-state index contributed by atoms with van der Waals surface area (Å²) in [6.07, 6.45) is 0.814. The summed E-state index contributed by atoms with van der Waals surface area (Å²) in [4.78, 5) is 25.3. The SMILES string of the molecule is CCN(CC)CCCN(CC)C(=O)C(=O)O. The van der Waals surface area contributed by atoms with Gasteiger partial charge in [-0.1, -0.05) is 13.8 Å². The smallest absolute Gasteiger partial charge is 0.394 e. The first-order valence-electron chi connectivity index (χ1n) is 5.81. The van der Waals surface area contributed by atoms with Crippen molar-refractivity contribution in [1.29, 1.82) is 0 Å². The Balaban J connectivity index is 3.96. The predicted molar refractivity (Wildman–Crippen MR) is 62.3 cm³/mol. The Hall–Kier alpha value is -1.10. The molecule has 0 heterocycles. The molecule has 0 saturated heterocycles. The maximum Gasteiger partial charge on any atom is 0.394 e. The van der Waals surface area contributed by atoms with Crippen LogP contribution in [0.5, 0.6) is 0 Å². The number of hydrogen-bond acceptors (Lipinski definition) is 3. The van der Waals surface area contributed by atoms with Gasteiger partial charge in [-0.2, -0.15) is 0 Å². The van der Waals surface area contributed by atoms with Crippen LogP contribution in [-0.2, 0) is 9.59 Å². The monoisotopic (exact) mass is 230 g/mol. The number of aliphatic carboxylic acids is 1. The number of carbonyl (C=O) groups is 2. The number of nitrogens with zero attached hydrogens (tertiary/aromatic N) is 2. The molecule has 94 valence electrons. The highest BCUT2D eigenvalue weighted by atomic mass is 16.4. The van der Waals surface area contributed by atoms with Gasteiger partial charge >= 0.3 is 11.9 Å². The predicted octanol–water partition coefficient (Wildman–Crippen LogP) is 0.651. The Kier molecular flexibility index (Phi) is 7.54. The molecule has 0 aromatic heterocycles. The molecular weight excluding hydrogens is 208 g/mol. The molecule has 0 aliphatic rings. The second-order valence-electron chi connectivity index (χ2n) is 3.57. The summed E-state index contributed by atoms with van der Waals surface area (Å²) in [5, 5.41) is 8.58. The first kappa shape index (κ1) is 14.9. The van der Waals surface area contributed by atoms with E-state index in [-0.39, 0.29) is 0 Å². The molecular formula is C11H22N2O3. The van der Waals surface area contributed by atoms with Gasteiger partial charge in [0.2, 0.25) is 0 Å². The number of rotatable bonds is 7. The highest BCUT2D eigenvalue weighted by molar-refractivity contribution is 6.31. The first-order valence-corrected chi connectivity index (χ1v) is 5.81. The second-order valence-corrected chi connectivity index (χ2v) is 3.57. The van der Waals surface area contributed by atoms with Gasteiger partial charge in [-0.3, -0.25) is 4.79 Å². The minimum atomic E-state index is -1.37. The molecule has 0 bridgehead atoms. The Morgan fingerprint density at radius 1 is 1.00 bits per heavy atom. The average molecular weight is 230 g/mol. The molecule has 0 radical (unpaired) electrons. The molecule has 0 unspecified atom stereocenters. The van der Waals surface area contributed by atoms with Crippen LogP contribution in [0.15, 0.2) is 0 Å². The summed E-state index contributed by atoms with van der Waals surface area (Å²) < 4.78 is 0. The van der Waals surface area contributed by atoms with E-state index in [0.29, 0.717) is 13.1 Å². The molecule has 16 heavy (non-hydrogen) atoms. The van der Waals surface area contributed by atoms with E-state index < -0.39 is 11.9 Å². The van der Waals surface area contributed by atoms with Crippen LogP contribution in [0.2, 0.25) is 0 Å². The van der Waals surface area contributed by atoms with Crippen molar-refractivity contribution in [3.05, 3.63) is 0 Å². The van der Waals surface area contributed by atoms with Crippen LogP contribution in [0.1, 0.15) is 27.2 Å². The molecule has 1 amide bonds. The number of likely N-dealkylation sites (N-methyl/N-ethyl adjacent to an activating group) is 1. The Morgan fingerprint density at radius 3 is 1.94 bits per heavy atom. The van der Waals surface area contributed by atoms with E-state index in [4.69, 9.17) is 5.11 Å². The zero-order chi connectivity index (χ0) is 12.6. The minimum Gasteiger partial charge on any atom is -0.474 e. The van der Waals surface area contributed by atoms with Crippen LogP contribution in [0.25, 0.3) is 0 Å². The zero-order valence-electron chi connectivity index (χ0n) is 10.4. The molecule has 0 fully saturated rings. The highest BCUT2D eigenvalue weighted by Crippen LogP contribution is 1.96. The number of carboxylic acid groups (broad SMARTS) is 1. The van der Waals surface area contributed by atoms with Crippen LogP contribution < -0.4 is 0 Å². The van der Waals surface area contributed by atoms with Gasteiger partial charge in [-0.15, -0.1) is 0 Å².